The average molecular weight is 369 g/mol. The van der Waals surface area contributed by atoms with E-state index >= 15 is 0 Å². The Morgan fingerprint density at radius 1 is 0.923 bits per heavy atom. The molecule has 1 fully saturated rings. The third-order valence-corrected chi connectivity index (χ3v) is 5.70. The molecule has 0 aromatic rings. The van der Waals surface area contributed by atoms with Crippen molar-refractivity contribution in [1.29, 1.82) is 0 Å². The van der Waals surface area contributed by atoms with E-state index in [9.17, 15) is 9.59 Å². The van der Waals surface area contributed by atoms with E-state index in [1.54, 1.807) is 0 Å². The second-order valence-electron chi connectivity index (χ2n) is 7.48. The van der Waals surface area contributed by atoms with Crippen molar-refractivity contribution in [3.8, 4) is 0 Å². The van der Waals surface area contributed by atoms with Gasteiger partial charge in [-0.25, -0.2) is 0 Å². The molecule has 0 saturated heterocycles. The second kappa shape index (κ2) is 14.0. The lowest BCUT2D eigenvalue weighted by Crippen LogP contribution is -2.35. The van der Waals surface area contributed by atoms with E-state index in [-0.39, 0.29) is 11.9 Å². The van der Waals surface area contributed by atoms with Crippen molar-refractivity contribution in [2.45, 2.75) is 78.1 Å². The maximum atomic E-state index is 12.7. The third-order valence-electron chi connectivity index (χ3n) is 5.70. The molecule has 5 heteroatoms. The molecular weight excluding hydrogens is 328 g/mol. The fourth-order valence-corrected chi connectivity index (χ4v) is 3.83. The highest BCUT2D eigenvalue weighted by molar-refractivity contribution is 5.77. The second-order valence-corrected chi connectivity index (χ2v) is 7.48. The number of methoxy groups -OCH3 is 1. The van der Waals surface area contributed by atoms with Crippen LogP contribution in [0, 0.1) is 5.92 Å². The quantitative estimate of drug-likeness (QED) is 0.366. The summed E-state index contributed by atoms with van der Waals surface area (Å²) >= 11 is 0. The summed E-state index contributed by atoms with van der Waals surface area (Å²) in [6, 6.07) is 0. The fourth-order valence-electron chi connectivity index (χ4n) is 3.83. The Bertz CT molecular complexity index is 391. The van der Waals surface area contributed by atoms with Crippen molar-refractivity contribution < 1.29 is 14.3 Å². The van der Waals surface area contributed by atoms with Gasteiger partial charge in [0.05, 0.1) is 13.5 Å². The standard InChI is InChI=1S/C21H40N2O3/c1-4-22(5-2)16-9-10-17-23(18-15-21(25)26-3)20(24)14-13-19-11-7-6-8-12-19/h19H,4-18H2,1-3H3. The van der Waals surface area contributed by atoms with E-state index in [0.717, 1.165) is 51.4 Å². The number of nitrogens with zero attached hydrogens (tertiary/aromatic N) is 2. The highest BCUT2D eigenvalue weighted by Crippen LogP contribution is 2.27. The van der Waals surface area contributed by atoms with Crippen molar-refractivity contribution >= 4 is 11.9 Å². The summed E-state index contributed by atoms with van der Waals surface area (Å²) in [7, 11) is 1.40. The van der Waals surface area contributed by atoms with E-state index < -0.39 is 0 Å². The summed E-state index contributed by atoms with van der Waals surface area (Å²) in [5, 5.41) is 0. The minimum Gasteiger partial charge on any atom is -0.469 e. The molecule has 1 aliphatic rings. The lowest BCUT2D eigenvalue weighted by Gasteiger charge is -2.26. The van der Waals surface area contributed by atoms with Crippen LogP contribution in [0.5, 0.6) is 0 Å². The van der Waals surface area contributed by atoms with Gasteiger partial charge in [-0.15, -0.1) is 0 Å². The fraction of sp³-hybridized carbons (Fsp3) is 0.905. The number of amides is 1. The van der Waals surface area contributed by atoms with Crippen molar-refractivity contribution in [3.05, 3.63) is 0 Å². The van der Waals surface area contributed by atoms with Crippen molar-refractivity contribution in [3.63, 3.8) is 0 Å². The van der Waals surface area contributed by atoms with Gasteiger partial charge in [0.1, 0.15) is 0 Å². The van der Waals surface area contributed by atoms with Crippen LogP contribution in [0.25, 0.3) is 0 Å². The highest BCUT2D eigenvalue weighted by atomic mass is 16.5. The zero-order chi connectivity index (χ0) is 19.2. The summed E-state index contributed by atoms with van der Waals surface area (Å²) in [4.78, 5) is 28.5. The average Bonchev–Trinajstić information content (AvgIpc) is 2.68. The zero-order valence-corrected chi connectivity index (χ0v) is 17.3. The molecule has 152 valence electrons. The molecule has 5 nitrogen and oxygen atoms in total. The van der Waals surface area contributed by atoms with Gasteiger partial charge in [-0.1, -0.05) is 46.0 Å². The van der Waals surface area contributed by atoms with Crippen molar-refractivity contribution in [1.82, 2.24) is 9.80 Å². The van der Waals surface area contributed by atoms with E-state index in [4.69, 9.17) is 4.74 Å². The first-order valence-corrected chi connectivity index (χ1v) is 10.7. The normalized spacial score (nSPS) is 15.2. The van der Waals surface area contributed by atoms with Crippen LogP contribution in [0.3, 0.4) is 0 Å². The predicted octanol–water partition coefficient (Wildman–Crippen LogP) is 3.86. The smallest absolute Gasteiger partial charge is 0.307 e. The van der Waals surface area contributed by atoms with E-state index in [0.29, 0.717) is 19.4 Å². The molecule has 0 atom stereocenters. The maximum absolute atomic E-state index is 12.7. The number of ether oxygens (including phenoxy) is 1. The zero-order valence-electron chi connectivity index (χ0n) is 17.3. The number of esters is 1. The first kappa shape index (κ1) is 22.9. The Morgan fingerprint density at radius 3 is 2.19 bits per heavy atom. The minimum atomic E-state index is -0.238. The van der Waals surface area contributed by atoms with Crippen LogP contribution >= 0.6 is 0 Å². The van der Waals surface area contributed by atoms with Gasteiger partial charge in [-0.05, 0) is 44.8 Å². The van der Waals surface area contributed by atoms with Gasteiger partial charge in [0.15, 0.2) is 0 Å². The SMILES string of the molecule is CCN(CC)CCCCN(CCC(=O)OC)C(=O)CCC1CCCCC1. The molecule has 1 rings (SSSR count). The van der Waals surface area contributed by atoms with Crippen LogP contribution in [0.4, 0.5) is 0 Å². The first-order chi connectivity index (χ1) is 12.6. The number of rotatable bonds is 13. The van der Waals surface area contributed by atoms with Crippen molar-refractivity contribution in [2.24, 2.45) is 5.92 Å². The van der Waals surface area contributed by atoms with Gasteiger partial charge < -0.3 is 14.5 Å². The molecule has 1 amide bonds. The molecule has 0 unspecified atom stereocenters. The summed E-state index contributed by atoms with van der Waals surface area (Å²) < 4.78 is 4.74. The molecular formula is C21H40N2O3. The number of hydrogen-bond donors (Lipinski definition) is 0. The van der Waals surface area contributed by atoms with Crippen LogP contribution < -0.4 is 0 Å². The molecule has 0 bridgehead atoms. The van der Waals surface area contributed by atoms with Gasteiger partial charge in [0.25, 0.3) is 0 Å². The van der Waals surface area contributed by atoms with Gasteiger partial charge in [-0.3, -0.25) is 9.59 Å². The monoisotopic (exact) mass is 368 g/mol. The number of carbonyl (C=O) groups is 2. The van der Waals surface area contributed by atoms with Gasteiger partial charge in [0.2, 0.25) is 5.91 Å². The largest absolute Gasteiger partial charge is 0.469 e. The first-order valence-electron chi connectivity index (χ1n) is 10.7. The highest BCUT2D eigenvalue weighted by Gasteiger charge is 2.19. The topological polar surface area (TPSA) is 49.9 Å². The molecule has 0 aromatic heterocycles. The van der Waals surface area contributed by atoms with Gasteiger partial charge in [0, 0.05) is 19.5 Å². The Morgan fingerprint density at radius 2 is 1.58 bits per heavy atom. The minimum absolute atomic E-state index is 0.210. The van der Waals surface area contributed by atoms with Crippen LogP contribution in [-0.4, -0.2) is 61.5 Å². The molecule has 0 heterocycles. The Hall–Kier alpha value is -1.10. The molecule has 1 aliphatic carbocycles. The molecule has 0 aromatic carbocycles. The van der Waals surface area contributed by atoms with Crippen LogP contribution in [0.2, 0.25) is 0 Å². The number of carbonyl (C=O) groups excluding carboxylic acids is 2. The third kappa shape index (κ3) is 9.56. The Balaban J connectivity index is 2.39. The van der Waals surface area contributed by atoms with E-state index in [2.05, 4.69) is 18.7 Å². The van der Waals surface area contributed by atoms with E-state index in [1.807, 2.05) is 4.90 Å². The van der Waals surface area contributed by atoms with Gasteiger partial charge in [-0.2, -0.15) is 0 Å². The van der Waals surface area contributed by atoms with Crippen molar-refractivity contribution in [2.75, 3.05) is 39.8 Å². The summed E-state index contributed by atoms with van der Waals surface area (Å²) in [5.74, 6) is 0.693. The maximum Gasteiger partial charge on any atom is 0.307 e. The van der Waals surface area contributed by atoms with Gasteiger partial charge >= 0.3 is 5.97 Å². The van der Waals surface area contributed by atoms with Crippen LogP contribution in [0.1, 0.15) is 78.1 Å². The number of unbranched alkanes of at least 4 members (excludes halogenated alkanes) is 1. The number of hydrogen-bond acceptors (Lipinski definition) is 4. The van der Waals surface area contributed by atoms with Crippen LogP contribution in [-0.2, 0) is 14.3 Å². The molecule has 0 aliphatic heterocycles. The van der Waals surface area contributed by atoms with Crippen LogP contribution in [0.15, 0.2) is 0 Å². The van der Waals surface area contributed by atoms with E-state index in [1.165, 1.54) is 39.2 Å². The molecule has 1 saturated carbocycles. The predicted molar refractivity (Wildman–Crippen MR) is 106 cm³/mol. The Kier molecular flexibility index (Phi) is 12.4. The lowest BCUT2D eigenvalue weighted by molar-refractivity contribution is -0.141. The molecule has 26 heavy (non-hydrogen) atoms. The molecule has 0 spiro atoms. The molecule has 0 N–H and O–H groups in total. The molecule has 0 radical (unpaired) electrons. The summed E-state index contributed by atoms with van der Waals surface area (Å²) in [6.45, 7) is 8.82. The lowest BCUT2D eigenvalue weighted by atomic mass is 9.86. The summed E-state index contributed by atoms with van der Waals surface area (Å²) in [5.41, 5.74) is 0. The summed E-state index contributed by atoms with van der Waals surface area (Å²) in [6.07, 6.45) is 10.5. The Labute approximate surface area is 160 Å².